The van der Waals surface area contributed by atoms with Crippen LogP contribution >= 0.6 is 11.3 Å². The van der Waals surface area contributed by atoms with Gasteiger partial charge >= 0.3 is 12.1 Å². The second-order valence-corrected chi connectivity index (χ2v) is 8.24. The van der Waals surface area contributed by atoms with Crippen LogP contribution < -0.4 is 4.90 Å². The van der Waals surface area contributed by atoms with Gasteiger partial charge in [0.05, 0.1) is 15.9 Å². The van der Waals surface area contributed by atoms with Crippen LogP contribution in [0.4, 0.5) is 27.6 Å². The lowest BCUT2D eigenvalue weighted by Gasteiger charge is -2.37. The topological polar surface area (TPSA) is 16.1 Å². The van der Waals surface area contributed by atoms with E-state index >= 15 is 0 Å². The van der Waals surface area contributed by atoms with Crippen LogP contribution in [0.5, 0.6) is 0 Å². The summed E-state index contributed by atoms with van der Waals surface area (Å²) in [5, 5.41) is 0. The first-order valence-corrected chi connectivity index (χ1v) is 10.2. The zero-order valence-electron chi connectivity index (χ0n) is 15.4. The number of fused-ring (bicyclic) bond motifs is 3. The maximum atomic E-state index is 13.4. The summed E-state index contributed by atoms with van der Waals surface area (Å²) in [7, 11) is 0. The maximum Gasteiger partial charge on any atom is 0.453 e. The Balaban J connectivity index is 0.000000243. The lowest BCUT2D eigenvalue weighted by Crippen LogP contribution is -2.48. The van der Waals surface area contributed by atoms with E-state index in [9.17, 15) is 22.0 Å². The number of anilines is 1. The quantitative estimate of drug-likeness (QED) is 0.508. The largest absolute Gasteiger partial charge is 0.453 e. The van der Waals surface area contributed by atoms with E-state index in [4.69, 9.17) is 0 Å². The maximum absolute atomic E-state index is 13.4. The highest BCUT2D eigenvalue weighted by molar-refractivity contribution is 7.16. The molecule has 0 amide bonds. The molecule has 1 aromatic heterocycles. The average molecular weight is 426 g/mol. The molecular weight excluding hydrogens is 407 g/mol. The smallest absolute Gasteiger partial charge is 0.370 e. The van der Waals surface area contributed by atoms with Crippen molar-refractivity contribution in [1.82, 2.24) is 4.98 Å². The van der Waals surface area contributed by atoms with Gasteiger partial charge in [0, 0.05) is 19.0 Å². The van der Waals surface area contributed by atoms with Gasteiger partial charge in [0.2, 0.25) is 0 Å². The highest BCUT2D eigenvalue weighted by Crippen LogP contribution is 2.45. The first kappa shape index (κ1) is 20.1. The molecule has 8 heteroatoms. The summed E-state index contributed by atoms with van der Waals surface area (Å²) < 4.78 is 65.1. The standard InChI is InChI=1S/C14H13F5N2S.C7H6/c15-13(16,14(17,18)19)9-4-6-21(7-5-9)10-2-1-3-11-12(10)20-8-22-11;1-2-7-4-3-6(1)5-7/h1-3,8-9H,4-7H2;1-4H,5H2. The third kappa shape index (κ3) is 3.95. The molecule has 1 aliphatic heterocycles. The fraction of sp³-hybridized carbons (Fsp3) is 0.381. The van der Waals surface area contributed by atoms with E-state index in [1.165, 1.54) is 28.9 Å². The summed E-state index contributed by atoms with van der Waals surface area (Å²) in [6.07, 6.45) is 4.05. The number of hydrogen-bond donors (Lipinski definition) is 0. The molecule has 2 nitrogen and oxygen atoms in total. The van der Waals surface area contributed by atoms with Crippen molar-refractivity contribution in [2.75, 3.05) is 18.0 Å². The van der Waals surface area contributed by atoms with Gasteiger partial charge in [-0.15, -0.1) is 11.3 Å². The fourth-order valence-corrected chi connectivity index (χ4v) is 4.55. The highest BCUT2D eigenvalue weighted by atomic mass is 32.1. The number of thiazole rings is 1. The van der Waals surface area contributed by atoms with Crippen LogP contribution in [0.3, 0.4) is 0 Å². The number of hydrogen-bond acceptors (Lipinski definition) is 3. The molecule has 0 radical (unpaired) electrons. The Bertz CT molecular complexity index is 958. The van der Waals surface area contributed by atoms with E-state index in [-0.39, 0.29) is 25.9 Å². The third-order valence-corrected chi connectivity index (χ3v) is 6.29. The Morgan fingerprint density at radius 2 is 1.62 bits per heavy atom. The number of alkyl halides is 5. The minimum absolute atomic E-state index is 0.174. The molecule has 2 bridgehead atoms. The number of halogens is 5. The van der Waals surface area contributed by atoms with Crippen LogP contribution in [0.1, 0.15) is 19.3 Å². The number of nitrogens with zero attached hydrogens (tertiary/aromatic N) is 2. The molecule has 2 aromatic rings. The number of piperidine rings is 1. The molecule has 3 aliphatic rings. The number of rotatable bonds is 2. The molecule has 2 aliphatic carbocycles. The number of allylic oxidation sites excluding steroid dienone is 6. The summed E-state index contributed by atoms with van der Waals surface area (Å²) in [4.78, 5) is 6.09. The molecule has 0 saturated carbocycles. The number of aromatic nitrogens is 1. The van der Waals surface area contributed by atoms with E-state index < -0.39 is 18.0 Å². The van der Waals surface area contributed by atoms with Crippen molar-refractivity contribution >= 4 is 27.2 Å². The number of benzene rings is 1. The summed E-state index contributed by atoms with van der Waals surface area (Å²) in [6, 6.07) is 5.57. The average Bonchev–Trinajstić information content (AvgIpc) is 3.45. The van der Waals surface area contributed by atoms with Crippen molar-refractivity contribution in [2.24, 2.45) is 5.92 Å². The van der Waals surface area contributed by atoms with Gasteiger partial charge in [-0.25, -0.2) is 4.98 Å². The van der Waals surface area contributed by atoms with Gasteiger partial charge < -0.3 is 4.90 Å². The Morgan fingerprint density at radius 3 is 2.14 bits per heavy atom. The van der Waals surface area contributed by atoms with Gasteiger partial charge in [0.25, 0.3) is 0 Å². The van der Waals surface area contributed by atoms with Crippen molar-refractivity contribution in [2.45, 2.75) is 31.4 Å². The molecule has 0 unspecified atom stereocenters. The molecule has 154 valence electrons. The van der Waals surface area contributed by atoms with Crippen molar-refractivity contribution in [3.8, 4) is 0 Å². The fourth-order valence-electron chi connectivity index (χ4n) is 3.85. The zero-order valence-corrected chi connectivity index (χ0v) is 16.2. The number of para-hydroxylation sites is 1. The minimum Gasteiger partial charge on any atom is -0.370 e. The molecule has 0 atom stereocenters. The predicted molar refractivity (Wildman–Crippen MR) is 105 cm³/mol. The summed E-state index contributed by atoms with van der Waals surface area (Å²) in [6.45, 7) is 0.347. The van der Waals surface area contributed by atoms with E-state index in [0.717, 1.165) is 15.9 Å². The van der Waals surface area contributed by atoms with Gasteiger partial charge in [-0.2, -0.15) is 22.0 Å². The van der Waals surface area contributed by atoms with Crippen molar-refractivity contribution in [3.05, 3.63) is 59.2 Å². The van der Waals surface area contributed by atoms with Crippen molar-refractivity contribution in [3.63, 3.8) is 0 Å². The van der Waals surface area contributed by atoms with Gasteiger partial charge in [0.1, 0.15) is 5.52 Å². The van der Waals surface area contributed by atoms with E-state index in [0.29, 0.717) is 0 Å². The van der Waals surface area contributed by atoms with Crippen LogP contribution in [0.25, 0.3) is 10.2 Å². The Morgan fingerprint density at radius 1 is 0.966 bits per heavy atom. The van der Waals surface area contributed by atoms with Gasteiger partial charge in [-0.05, 0) is 42.5 Å². The second-order valence-electron chi connectivity index (χ2n) is 7.35. The van der Waals surface area contributed by atoms with E-state index in [1.54, 1.807) is 5.51 Å². The van der Waals surface area contributed by atoms with E-state index in [1.807, 2.05) is 23.1 Å². The lowest BCUT2D eigenvalue weighted by molar-refractivity contribution is -0.304. The van der Waals surface area contributed by atoms with Crippen molar-refractivity contribution < 1.29 is 22.0 Å². The monoisotopic (exact) mass is 426 g/mol. The molecule has 2 heterocycles. The van der Waals surface area contributed by atoms with Gasteiger partial charge in [0.15, 0.2) is 0 Å². The van der Waals surface area contributed by atoms with Crippen LogP contribution in [0, 0.1) is 5.92 Å². The molecule has 1 saturated heterocycles. The van der Waals surface area contributed by atoms with Gasteiger partial charge in [-0.3, -0.25) is 0 Å². The minimum atomic E-state index is -5.48. The molecular formula is C21H19F5N2S. The van der Waals surface area contributed by atoms with Crippen LogP contribution in [0.15, 0.2) is 59.2 Å². The van der Waals surface area contributed by atoms with Crippen LogP contribution in [-0.2, 0) is 0 Å². The Hall–Kier alpha value is -2.22. The molecule has 5 rings (SSSR count). The molecule has 0 spiro atoms. The van der Waals surface area contributed by atoms with Gasteiger partial charge in [-0.1, -0.05) is 30.4 Å². The molecule has 0 N–H and O–H groups in total. The first-order valence-electron chi connectivity index (χ1n) is 9.35. The highest BCUT2D eigenvalue weighted by Gasteiger charge is 2.62. The van der Waals surface area contributed by atoms with Crippen LogP contribution in [-0.4, -0.2) is 30.2 Å². The van der Waals surface area contributed by atoms with E-state index in [2.05, 4.69) is 29.3 Å². The first-order chi connectivity index (χ1) is 13.8. The third-order valence-electron chi connectivity index (χ3n) is 5.50. The second kappa shape index (κ2) is 7.55. The zero-order chi connectivity index (χ0) is 20.6. The predicted octanol–water partition coefficient (Wildman–Crippen LogP) is 6.52. The molecule has 29 heavy (non-hydrogen) atoms. The molecule has 1 aromatic carbocycles. The SMILES string of the molecule is C1=CC2=CC=C1C2.FC(F)(F)C(F)(F)C1CCN(c2cccc3scnc23)CC1. The molecule has 1 fully saturated rings. The Labute approximate surface area is 169 Å². The van der Waals surface area contributed by atoms with Crippen molar-refractivity contribution in [1.29, 1.82) is 0 Å². The van der Waals surface area contributed by atoms with Crippen LogP contribution in [0.2, 0.25) is 0 Å². The lowest BCUT2D eigenvalue weighted by atomic mass is 9.89. The Kier molecular flexibility index (Phi) is 5.23. The summed E-state index contributed by atoms with van der Waals surface area (Å²) in [5.41, 5.74) is 6.20. The summed E-state index contributed by atoms with van der Waals surface area (Å²) in [5.74, 6) is -6.27. The summed E-state index contributed by atoms with van der Waals surface area (Å²) >= 11 is 1.47. The normalized spacial score (nSPS) is 19.3.